The molecule has 0 radical (unpaired) electrons. The van der Waals surface area contributed by atoms with Crippen LogP contribution in [0.1, 0.15) is 20.8 Å². The number of nitrogens with one attached hydrogen (secondary N) is 1. The first-order valence-corrected chi connectivity index (χ1v) is 8.24. The van der Waals surface area contributed by atoms with Gasteiger partial charge in [0.05, 0.1) is 11.4 Å². The van der Waals surface area contributed by atoms with Gasteiger partial charge in [-0.05, 0) is 54.9 Å². The Morgan fingerprint density at radius 3 is 2.70 bits per heavy atom. The largest absolute Gasteiger partial charge is 0.473 e. The van der Waals surface area contributed by atoms with Crippen molar-refractivity contribution in [3.63, 3.8) is 0 Å². The van der Waals surface area contributed by atoms with Gasteiger partial charge in [-0.1, -0.05) is 12.1 Å². The Morgan fingerprint density at radius 1 is 1.30 bits per heavy atom. The van der Waals surface area contributed by atoms with Gasteiger partial charge in [0.2, 0.25) is 11.7 Å². The van der Waals surface area contributed by atoms with Crippen molar-refractivity contribution in [3.05, 3.63) is 52.7 Å². The Kier molecular flexibility index (Phi) is 4.52. The molecule has 1 aromatic heterocycles. The molecule has 1 aliphatic rings. The van der Waals surface area contributed by atoms with E-state index < -0.39 is 28.3 Å². The number of anilines is 2. The van der Waals surface area contributed by atoms with Gasteiger partial charge in [0.1, 0.15) is 11.7 Å². The summed E-state index contributed by atoms with van der Waals surface area (Å²) in [5.41, 5.74) is -0.123. The van der Waals surface area contributed by atoms with Gasteiger partial charge in [0, 0.05) is 0 Å². The van der Waals surface area contributed by atoms with Crippen molar-refractivity contribution in [2.24, 2.45) is 0 Å². The van der Waals surface area contributed by atoms with E-state index in [0.717, 1.165) is 0 Å². The van der Waals surface area contributed by atoms with Crippen LogP contribution in [0.15, 0.2) is 42.6 Å². The summed E-state index contributed by atoms with van der Waals surface area (Å²) in [7, 11) is 0. The lowest BCUT2D eigenvalue weighted by Gasteiger charge is -2.42. The third kappa shape index (κ3) is 3.19. The van der Waals surface area contributed by atoms with Crippen LogP contribution in [0.4, 0.5) is 17.2 Å². The summed E-state index contributed by atoms with van der Waals surface area (Å²) < 4.78 is 5.54. The SMILES string of the molecule is C[C@H](Oc1cccnc1[N+](=O)[O-])C(=O)N1c2ccccc2NC(=O)C1(C)C. The van der Waals surface area contributed by atoms with Crippen LogP contribution in [0.25, 0.3) is 0 Å². The molecule has 9 heteroatoms. The molecule has 0 fully saturated rings. The number of carbonyl (C=O) groups excluding carboxylic acids is 2. The summed E-state index contributed by atoms with van der Waals surface area (Å²) >= 11 is 0. The summed E-state index contributed by atoms with van der Waals surface area (Å²) in [5, 5.41) is 13.9. The van der Waals surface area contributed by atoms with Gasteiger partial charge < -0.3 is 20.2 Å². The van der Waals surface area contributed by atoms with Crippen molar-refractivity contribution in [1.29, 1.82) is 0 Å². The molecule has 0 spiro atoms. The minimum atomic E-state index is -1.16. The topological polar surface area (TPSA) is 115 Å². The molecular formula is C18H18N4O5. The Morgan fingerprint density at radius 2 is 2.00 bits per heavy atom. The van der Waals surface area contributed by atoms with E-state index in [1.807, 2.05) is 0 Å². The van der Waals surface area contributed by atoms with Gasteiger partial charge in [-0.15, -0.1) is 0 Å². The molecule has 140 valence electrons. The van der Waals surface area contributed by atoms with Crippen molar-refractivity contribution in [2.45, 2.75) is 32.4 Å². The van der Waals surface area contributed by atoms with Crippen molar-refractivity contribution in [3.8, 4) is 5.75 Å². The quantitative estimate of drug-likeness (QED) is 0.653. The van der Waals surface area contributed by atoms with E-state index in [4.69, 9.17) is 4.74 Å². The number of nitrogens with zero attached hydrogens (tertiary/aromatic N) is 3. The number of hydrogen-bond acceptors (Lipinski definition) is 6. The van der Waals surface area contributed by atoms with E-state index in [9.17, 15) is 19.7 Å². The average molecular weight is 370 g/mol. The van der Waals surface area contributed by atoms with Crippen LogP contribution in [0, 0.1) is 10.1 Å². The van der Waals surface area contributed by atoms with E-state index in [1.54, 1.807) is 38.1 Å². The molecular weight excluding hydrogens is 352 g/mol. The summed E-state index contributed by atoms with van der Waals surface area (Å²) in [4.78, 5) is 41.1. The van der Waals surface area contributed by atoms with Gasteiger partial charge >= 0.3 is 5.82 Å². The van der Waals surface area contributed by atoms with Crippen LogP contribution in [0.5, 0.6) is 5.75 Å². The molecule has 2 aromatic rings. The monoisotopic (exact) mass is 370 g/mol. The molecule has 1 N–H and O–H groups in total. The zero-order valence-corrected chi connectivity index (χ0v) is 15.0. The summed E-state index contributed by atoms with van der Waals surface area (Å²) in [6.07, 6.45) is 0.192. The maximum Gasteiger partial charge on any atom is 0.406 e. The van der Waals surface area contributed by atoms with E-state index >= 15 is 0 Å². The molecule has 1 atom stereocenters. The van der Waals surface area contributed by atoms with Crippen LogP contribution in [-0.4, -0.2) is 33.4 Å². The Bertz CT molecular complexity index is 927. The maximum absolute atomic E-state index is 13.1. The lowest BCUT2D eigenvalue weighted by Crippen LogP contribution is -2.60. The molecule has 0 unspecified atom stereocenters. The Hall–Kier alpha value is -3.49. The van der Waals surface area contributed by atoms with Gasteiger partial charge in [0.25, 0.3) is 5.91 Å². The third-order valence-electron chi connectivity index (χ3n) is 4.30. The number of amides is 2. The Labute approximate surface area is 155 Å². The summed E-state index contributed by atoms with van der Waals surface area (Å²) in [6, 6.07) is 9.76. The number of nitro groups is 1. The lowest BCUT2D eigenvalue weighted by atomic mass is 9.95. The van der Waals surface area contributed by atoms with Crippen LogP contribution in [0.3, 0.4) is 0 Å². The van der Waals surface area contributed by atoms with Crippen LogP contribution in [0.2, 0.25) is 0 Å². The fourth-order valence-electron chi connectivity index (χ4n) is 2.88. The van der Waals surface area contributed by atoms with E-state index in [-0.39, 0.29) is 11.7 Å². The number of hydrogen-bond donors (Lipinski definition) is 1. The minimum Gasteiger partial charge on any atom is -0.473 e. The third-order valence-corrected chi connectivity index (χ3v) is 4.30. The molecule has 1 aliphatic heterocycles. The number of aromatic nitrogens is 1. The van der Waals surface area contributed by atoms with Crippen molar-refractivity contribution in [2.75, 3.05) is 10.2 Å². The average Bonchev–Trinajstić information content (AvgIpc) is 2.62. The van der Waals surface area contributed by atoms with Crippen LogP contribution >= 0.6 is 0 Å². The molecule has 0 saturated heterocycles. The van der Waals surface area contributed by atoms with Gasteiger partial charge in [-0.3, -0.25) is 14.5 Å². The van der Waals surface area contributed by atoms with Gasteiger partial charge in [-0.2, -0.15) is 0 Å². The zero-order valence-electron chi connectivity index (χ0n) is 15.0. The number of rotatable bonds is 4. The normalized spacial score (nSPS) is 16.1. The molecule has 2 heterocycles. The molecule has 9 nitrogen and oxygen atoms in total. The summed E-state index contributed by atoms with van der Waals surface area (Å²) in [5.74, 6) is -1.43. The predicted molar refractivity (Wildman–Crippen MR) is 97.6 cm³/mol. The molecule has 0 saturated carbocycles. The second-order valence-electron chi connectivity index (χ2n) is 6.55. The highest BCUT2D eigenvalue weighted by molar-refractivity contribution is 6.14. The summed E-state index contributed by atoms with van der Waals surface area (Å²) in [6.45, 7) is 4.72. The van der Waals surface area contributed by atoms with Crippen LogP contribution < -0.4 is 15.0 Å². The number of fused-ring (bicyclic) bond motifs is 1. The minimum absolute atomic E-state index is 0.115. The molecule has 2 amide bonds. The Balaban J connectivity index is 1.95. The molecule has 3 rings (SSSR count). The molecule has 0 bridgehead atoms. The van der Waals surface area contributed by atoms with Crippen molar-refractivity contribution < 1.29 is 19.2 Å². The van der Waals surface area contributed by atoms with E-state index in [2.05, 4.69) is 10.3 Å². The number of para-hydroxylation sites is 2. The van der Waals surface area contributed by atoms with Crippen molar-refractivity contribution in [1.82, 2.24) is 4.98 Å². The highest BCUT2D eigenvalue weighted by Gasteiger charge is 2.45. The standard InChI is InChI=1S/C18H18N4O5/c1-11(27-14-9-6-10-19-15(14)22(25)26)16(23)21-13-8-5-4-7-12(13)20-17(24)18(21,2)3/h4-11H,1-3H3,(H,20,24)/t11-/m0/s1. The number of pyridine rings is 1. The molecule has 1 aromatic carbocycles. The van der Waals surface area contributed by atoms with E-state index in [1.165, 1.54) is 30.2 Å². The van der Waals surface area contributed by atoms with Gasteiger partial charge in [0.15, 0.2) is 6.10 Å². The first-order chi connectivity index (χ1) is 12.7. The highest BCUT2D eigenvalue weighted by Crippen LogP contribution is 2.37. The number of ether oxygens (including phenoxy) is 1. The maximum atomic E-state index is 13.1. The first kappa shape index (κ1) is 18.3. The first-order valence-electron chi connectivity index (χ1n) is 8.24. The zero-order chi connectivity index (χ0) is 19.8. The van der Waals surface area contributed by atoms with Crippen molar-refractivity contribution >= 4 is 29.0 Å². The number of carbonyl (C=O) groups is 2. The molecule has 0 aliphatic carbocycles. The lowest BCUT2D eigenvalue weighted by molar-refractivity contribution is -0.390. The van der Waals surface area contributed by atoms with Gasteiger partial charge in [-0.25, -0.2) is 0 Å². The smallest absolute Gasteiger partial charge is 0.406 e. The second-order valence-corrected chi connectivity index (χ2v) is 6.55. The second kappa shape index (κ2) is 6.67. The highest BCUT2D eigenvalue weighted by atomic mass is 16.6. The predicted octanol–water partition coefficient (Wildman–Crippen LogP) is 2.52. The number of benzene rings is 1. The fourth-order valence-corrected chi connectivity index (χ4v) is 2.88. The molecule has 27 heavy (non-hydrogen) atoms. The van der Waals surface area contributed by atoms with Crippen LogP contribution in [-0.2, 0) is 9.59 Å². The fraction of sp³-hybridized carbons (Fsp3) is 0.278. The van der Waals surface area contributed by atoms with E-state index in [0.29, 0.717) is 11.4 Å².